The lowest BCUT2D eigenvalue weighted by molar-refractivity contribution is -0.149. The Morgan fingerprint density at radius 1 is 1.35 bits per heavy atom. The summed E-state index contributed by atoms with van der Waals surface area (Å²) in [6, 6.07) is 0.297. The third-order valence-electron chi connectivity index (χ3n) is 3.92. The number of nitrogens with one attached hydrogen (secondary N) is 1. The largest absolute Gasteiger partial charge is 0.480 e. The number of amides is 1. The van der Waals surface area contributed by atoms with Crippen molar-refractivity contribution in [1.82, 2.24) is 10.2 Å². The zero-order valence-corrected chi connectivity index (χ0v) is 10.2. The van der Waals surface area contributed by atoms with Gasteiger partial charge < -0.3 is 10.4 Å². The van der Waals surface area contributed by atoms with Crippen molar-refractivity contribution in [2.24, 2.45) is 5.41 Å². The summed E-state index contributed by atoms with van der Waals surface area (Å²) in [5.41, 5.74) is -1.11. The molecule has 2 rings (SSSR count). The molecule has 5 nitrogen and oxygen atoms in total. The minimum Gasteiger partial charge on any atom is -0.480 e. The van der Waals surface area contributed by atoms with Gasteiger partial charge in [0, 0.05) is 12.6 Å². The first-order valence-electron chi connectivity index (χ1n) is 6.32. The molecule has 5 heteroatoms. The molecule has 1 heterocycles. The molecule has 1 saturated heterocycles. The molecule has 96 valence electrons. The number of rotatable bonds is 5. The van der Waals surface area contributed by atoms with Crippen LogP contribution < -0.4 is 5.32 Å². The van der Waals surface area contributed by atoms with Gasteiger partial charge in [-0.2, -0.15) is 0 Å². The van der Waals surface area contributed by atoms with Crippen molar-refractivity contribution in [3.8, 4) is 0 Å². The van der Waals surface area contributed by atoms with Gasteiger partial charge in [-0.3, -0.25) is 14.5 Å². The number of carbonyl (C=O) groups is 2. The molecule has 0 aromatic heterocycles. The van der Waals surface area contributed by atoms with Crippen molar-refractivity contribution in [3.05, 3.63) is 0 Å². The molecule has 1 aliphatic carbocycles. The fourth-order valence-electron chi connectivity index (χ4n) is 2.38. The molecule has 0 radical (unpaired) electrons. The first kappa shape index (κ1) is 12.4. The highest BCUT2D eigenvalue weighted by Crippen LogP contribution is 2.46. The van der Waals surface area contributed by atoms with E-state index in [0.717, 1.165) is 13.1 Å². The lowest BCUT2D eigenvalue weighted by atomic mass is 10.1. The molecular formula is C12H20N2O3. The summed E-state index contributed by atoms with van der Waals surface area (Å²) >= 11 is 0. The maximum Gasteiger partial charge on any atom is 0.319 e. The molecule has 0 aromatic carbocycles. The minimum atomic E-state index is -1.11. The summed E-state index contributed by atoms with van der Waals surface area (Å²) in [5, 5.41) is 11.8. The van der Waals surface area contributed by atoms with Crippen LogP contribution in [-0.2, 0) is 9.59 Å². The Kier molecular flexibility index (Phi) is 3.38. The van der Waals surface area contributed by atoms with E-state index in [4.69, 9.17) is 5.11 Å². The van der Waals surface area contributed by atoms with Gasteiger partial charge in [-0.05, 0) is 45.7 Å². The summed E-state index contributed by atoms with van der Waals surface area (Å²) in [6.07, 6.45) is 3.40. The Balaban J connectivity index is 1.78. The Hall–Kier alpha value is -1.10. The van der Waals surface area contributed by atoms with Crippen LogP contribution in [0.3, 0.4) is 0 Å². The van der Waals surface area contributed by atoms with Crippen LogP contribution in [0.15, 0.2) is 0 Å². The Morgan fingerprint density at radius 3 is 2.41 bits per heavy atom. The van der Waals surface area contributed by atoms with Crippen molar-refractivity contribution in [3.63, 3.8) is 0 Å². The summed E-state index contributed by atoms with van der Waals surface area (Å²) in [5.74, 6) is -1.29. The van der Waals surface area contributed by atoms with Gasteiger partial charge in [-0.15, -0.1) is 0 Å². The van der Waals surface area contributed by atoms with Crippen molar-refractivity contribution >= 4 is 11.9 Å². The van der Waals surface area contributed by atoms with E-state index < -0.39 is 11.4 Å². The zero-order valence-electron chi connectivity index (χ0n) is 10.2. The van der Waals surface area contributed by atoms with Gasteiger partial charge in [0.15, 0.2) is 0 Å². The monoisotopic (exact) mass is 240 g/mol. The lowest BCUT2D eigenvalue weighted by Gasteiger charge is -2.24. The van der Waals surface area contributed by atoms with Crippen LogP contribution in [0.5, 0.6) is 0 Å². The van der Waals surface area contributed by atoms with Crippen LogP contribution in [0.1, 0.15) is 32.6 Å². The van der Waals surface area contributed by atoms with E-state index in [-0.39, 0.29) is 5.91 Å². The Morgan fingerprint density at radius 2 is 1.94 bits per heavy atom. The molecule has 0 spiro atoms. The maximum absolute atomic E-state index is 11.8. The van der Waals surface area contributed by atoms with E-state index in [9.17, 15) is 9.59 Å². The van der Waals surface area contributed by atoms with Gasteiger partial charge >= 0.3 is 5.97 Å². The molecule has 17 heavy (non-hydrogen) atoms. The predicted octanol–water partition coefficient (Wildman–Crippen LogP) is 0.452. The summed E-state index contributed by atoms with van der Waals surface area (Å²) in [4.78, 5) is 25.1. The maximum atomic E-state index is 11.8. The third-order valence-corrected chi connectivity index (χ3v) is 3.92. The predicted molar refractivity (Wildman–Crippen MR) is 62.6 cm³/mol. The number of aliphatic carboxylic acids is 1. The van der Waals surface area contributed by atoms with E-state index in [0.29, 0.717) is 25.4 Å². The van der Waals surface area contributed by atoms with E-state index >= 15 is 0 Å². The molecule has 1 atom stereocenters. The first-order chi connectivity index (χ1) is 8.06. The normalized spacial score (nSPS) is 24.3. The molecule has 2 fully saturated rings. The van der Waals surface area contributed by atoms with Gasteiger partial charge in [0.1, 0.15) is 5.41 Å². The van der Waals surface area contributed by atoms with Crippen molar-refractivity contribution in [2.45, 2.75) is 38.6 Å². The molecular weight excluding hydrogens is 220 g/mol. The van der Waals surface area contributed by atoms with E-state index in [1.54, 1.807) is 0 Å². The molecule has 0 aromatic rings. The van der Waals surface area contributed by atoms with Crippen LogP contribution in [0.4, 0.5) is 0 Å². The summed E-state index contributed by atoms with van der Waals surface area (Å²) in [6.45, 7) is 4.79. The highest BCUT2D eigenvalue weighted by atomic mass is 16.4. The van der Waals surface area contributed by atoms with E-state index in [1.807, 2.05) is 0 Å². The molecule has 2 aliphatic rings. The minimum absolute atomic E-state index is 0.297. The average Bonchev–Trinajstić information content (AvgIpc) is 2.94. The van der Waals surface area contributed by atoms with Crippen molar-refractivity contribution in [1.29, 1.82) is 0 Å². The Labute approximate surface area is 101 Å². The van der Waals surface area contributed by atoms with Crippen molar-refractivity contribution < 1.29 is 14.7 Å². The molecule has 0 bridgehead atoms. The van der Waals surface area contributed by atoms with Gasteiger partial charge in [0.2, 0.25) is 5.91 Å². The second-order valence-electron chi connectivity index (χ2n) is 5.19. The molecule has 1 saturated carbocycles. The average molecular weight is 240 g/mol. The number of likely N-dealkylation sites (tertiary alicyclic amines) is 1. The van der Waals surface area contributed by atoms with Crippen LogP contribution >= 0.6 is 0 Å². The second kappa shape index (κ2) is 4.64. The van der Waals surface area contributed by atoms with Crippen LogP contribution in [0, 0.1) is 5.41 Å². The van der Waals surface area contributed by atoms with Crippen LogP contribution in [0.2, 0.25) is 0 Å². The quantitative estimate of drug-likeness (QED) is 0.685. The summed E-state index contributed by atoms with van der Waals surface area (Å²) in [7, 11) is 0. The fraction of sp³-hybridized carbons (Fsp3) is 0.833. The molecule has 1 amide bonds. The number of carbonyl (C=O) groups excluding carboxylic acids is 1. The van der Waals surface area contributed by atoms with E-state index in [1.165, 1.54) is 12.8 Å². The molecule has 1 unspecified atom stereocenters. The standard InChI is InChI=1S/C12H20N2O3/c1-9(14-6-2-3-7-14)8-13-10(15)12(4-5-12)11(16)17/h9H,2-8H2,1H3,(H,13,15)(H,16,17). The van der Waals surface area contributed by atoms with Crippen LogP contribution in [-0.4, -0.2) is 47.6 Å². The van der Waals surface area contributed by atoms with Crippen molar-refractivity contribution in [2.75, 3.05) is 19.6 Å². The highest BCUT2D eigenvalue weighted by Gasteiger charge is 2.57. The lowest BCUT2D eigenvalue weighted by Crippen LogP contribution is -2.44. The molecule has 2 N–H and O–H groups in total. The third kappa shape index (κ3) is 2.44. The van der Waals surface area contributed by atoms with Crippen LogP contribution in [0.25, 0.3) is 0 Å². The Bertz CT molecular complexity index is 320. The number of nitrogens with zero attached hydrogens (tertiary/aromatic N) is 1. The smallest absolute Gasteiger partial charge is 0.319 e. The van der Waals surface area contributed by atoms with Gasteiger partial charge in [0.05, 0.1) is 0 Å². The van der Waals surface area contributed by atoms with Gasteiger partial charge in [0.25, 0.3) is 0 Å². The number of hydrogen-bond acceptors (Lipinski definition) is 3. The van der Waals surface area contributed by atoms with Gasteiger partial charge in [-0.1, -0.05) is 0 Å². The second-order valence-corrected chi connectivity index (χ2v) is 5.19. The number of carboxylic acids is 1. The SMILES string of the molecule is CC(CNC(=O)C1(C(=O)O)CC1)N1CCCC1. The number of carboxylic acid groups (broad SMARTS) is 1. The van der Waals surface area contributed by atoms with Gasteiger partial charge in [-0.25, -0.2) is 0 Å². The topological polar surface area (TPSA) is 69.6 Å². The van der Waals surface area contributed by atoms with E-state index in [2.05, 4.69) is 17.1 Å². The molecule has 1 aliphatic heterocycles. The number of hydrogen-bond donors (Lipinski definition) is 2. The first-order valence-corrected chi connectivity index (χ1v) is 6.32. The highest BCUT2D eigenvalue weighted by molar-refractivity contribution is 6.04. The fourth-order valence-corrected chi connectivity index (χ4v) is 2.38. The summed E-state index contributed by atoms with van der Waals surface area (Å²) < 4.78 is 0. The zero-order chi connectivity index (χ0) is 12.5.